The Kier molecular flexibility index (Phi) is 8.84. The van der Waals surface area contributed by atoms with Gasteiger partial charge in [-0.3, -0.25) is 4.79 Å². The number of hydrogen-bond donors (Lipinski definition) is 0. The van der Waals surface area contributed by atoms with Crippen molar-refractivity contribution in [1.82, 2.24) is 4.90 Å². The third kappa shape index (κ3) is 6.69. The molecule has 1 aliphatic carbocycles. The van der Waals surface area contributed by atoms with Gasteiger partial charge in [0.05, 0.1) is 0 Å². The molecule has 2 nitrogen and oxygen atoms in total. The fourth-order valence-electron chi connectivity index (χ4n) is 3.04. The van der Waals surface area contributed by atoms with Gasteiger partial charge in [-0.1, -0.05) is 51.5 Å². The standard InChI is InChI=1S/C18H33NO/c1-4-5-6-7-8-9-10-11-12-16-13-14-17(18(16)20)15-19(2)3/h12,17H,4-11,13-15H2,1-3H3/b16-12+. The number of ketones is 1. The Morgan fingerprint density at radius 1 is 1.10 bits per heavy atom. The molecular weight excluding hydrogens is 246 g/mol. The van der Waals surface area contributed by atoms with E-state index in [0.717, 1.165) is 31.4 Å². The Morgan fingerprint density at radius 3 is 2.40 bits per heavy atom. The highest BCUT2D eigenvalue weighted by atomic mass is 16.1. The van der Waals surface area contributed by atoms with Gasteiger partial charge in [0.2, 0.25) is 0 Å². The Balaban J connectivity index is 2.12. The summed E-state index contributed by atoms with van der Waals surface area (Å²) in [6, 6.07) is 0. The minimum Gasteiger partial charge on any atom is -0.309 e. The molecule has 0 radical (unpaired) electrons. The van der Waals surface area contributed by atoms with Gasteiger partial charge < -0.3 is 4.90 Å². The van der Waals surface area contributed by atoms with Crippen molar-refractivity contribution in [3.63, 3.8) is 0 Å². The number of Topliss-reactive ketones (excluding diaryl/α,β-unsaturated/α-hetero) is 1. The molecule has 0 aliphatic heterocycles. The Hall–Kier alpha value is -0.630. The molecule has 0 saturated heterocycles. The molecule has 1 aliphatic rings. The Bertz CT molecular complexity index is 307. The summed E-state index contributed by atoms with van der Waals surface area (Å²) in [5.74, 6) is 0.673. The monoisotopic (exact) mass is 279 g/mol. The van der Waals surface area contributed by atoms with Gasteiger partial charge in [0.15, 0.2) is 5.78 Å². The molecule has 0 bridgehead atoms. The van der Waals surface area contributed by atoms with E-state index in [1.54, 1.807) is 0 Å². The van der Waals surface area contributed by atoms with Crippen LogP contribution in [0.2, 0.25) is 0 Å². The van der Waals surface area contributed by atoms with E-state index in [1.807, 2.05) is 14.1 Å². The molecule has 0 aromatic rings. The minimum atomic E-state index is 0.255. The first kappa shape index (κ1) is 17.4. The molecule has 20 heavy (non-hydrogen) atoms. The van der Waals surface area contributed by atoms with E-state index in [2.05, 4.69) is 17.9 Å². The molecular formula is C18H33NO. The molecule has 2 heteroatoms. The smallest absolute Gasteiger partial charge is 0.162 e. The van der Waals surface area contributed by atoms with E-state index in [9.17, 15) is 4.79 Å². The average molecular weight is 279 g/mol. The molecule has 0 N–H and O–H groups in total. The summed E-state index contributed by atoms with van der Waals surface area (Å²) in [6.45, 7) is 3.17. The summed E-state index contributed by atoms with van der Waals surface area (Å²) >= 11 is 0. The van der Waals surface area contributed by atoms with Crippen LogP contribution >= 0.6 is 0 Å². The molecule has 1 fully saturated rings. The molecule has 116 valence electrons. The van der Waals surface area contributed by atoms with Gasteiger partial charge in [-0.15, -0.1) is 0 Å². The quantitative estimate of drug-likeness (QED) is 0.430. The molecule has 0 spiro atoms. The van der Waals surface area contributed by atoms with Gasteiger partial charge in [0.1, 0.15) is 0 Å². The van der Waals surface area contributed by atoms with Crippen LogP contribution < -0.4 is 0 Å². The van der Waals surface area contributed by atoms with Gasteiger partial charge in [0, 0.05) is 12.5 Å². The minimum absolute atomic E-state index is 0.255. The number of hydrogen-bond acceptors (Lipinski definition) is 2. The zero-order valence-electron chi connectivity index (χ0n) is 13.8. The van der Waals surface area contributed by atoms with Crippen LogP contribution in [0.3, 0.4) is 0 Å². The van der Waals surface area contributed by atoms with E-state index < -0.39 is 0 Å². The summed E-state index contributed by atoms with van der Waals surface area (Å²) in [6.07, 6.45) is 14.8. The van der Waals surface area contributed by atoms with Crippen molar-refractivity contribution in [2.45, 2.75) is 71.1 Å². The number of nitrogens with zero attached hydrogens (tertiary/aromatic N) is 1. The van der Waals surface area contributed by atoms with Crippen LogP contribution in [-0.2, 0) is 4.79 Å². The molecule has 1 atom stereocenters. The number of unbranched alkanes of at least 4 members (excludes halogenated alkanes) is 7. The fourth-order valence-corrected chi connectivity index (χ4v) is 3.04. The van der Waals surface area contributed by atoms with Gasteiger partial charge in [0.25, 0.3) is 0 Å². The molecule has 1 rings (SSSR count). The van der Waals surface area contributed by atoms with Gasteiger partial charge >= 0.3 is 0 Å². The summed E-state index contributed by atoms with van der Waals surface area (Å²) in [5.41, 5.74) is 1.11. The fraction of sp³-hybridized carbons (Fsp3) is 0.833. The zero-order chi connectivity index (χ0) is 14.8. The van der Waals surface area contributed by atoms with E-state index in [1.165, 1.54) is 44.9 Å². The van der Waals surface area contributed by atoms with Gasteiger partial charge in [-0.25, -0.2) is 0 Å². The number of carbonyl (C=O) groups excluding carboxylic acids is 1. The maximum Gasteiger partial charge on any atom is 0.162 e. The highest BCUT2D eigenvalue weighted by Gasteiger charge is 2.28. The summed E-state index contributed by atoms with van der Waals surface area (Å²) in [5, 5.41) is 0. The van der Waals surface area contributed by atoms with Crippen LogP contribution in [0.5, 0.6) is 0 Å². The van der Waals surface area contributed by atoms with Crippen molar-refractivity contribution in [3.05, 3.63) is 11.6 Å². The van der Waals surface area contributed by atoms with E-state index in [4.69, 9.17) is 0 Å². The summed E-state index contributed by atoms with van der Waals surface area (Å²) in [4.78, 5) is 14.3. The first-order chi connectivity index (χ1) is 9.65. The van der Waals surface area contributed by atoms with Crippen LogP contribution in [0, 0.1) is 5.92 Å². The predicted octanol–water partition coefficient (Wildman–Crippen LogP) is 4.59. The maximum atomic E-state index is 12.2. The molecule has 0 heterocycles. The molecule has 0 aromatic carbocycles. The lowest BCUT2D eigenvalue weighted by Gasteiger charge is -2.13. The van der Waals surface area contributed by atoms with Crippen molar-refractivity contribution in [2.24, 2.45) is 5.92 Å². The first-order valence-corrected chi connectivity index (χ1v) is 8.53. The number of carbonyl (C=O) groups is 1. The molecule has 1 unspecified atom stereocenters. The Labute approximate surface area is 125 Å². The van der Waals surface area contributed by atoms with Gasteiger partial charge in [-0.05, 0) is 45.4 Å². The summed E-state index contributed by atoms with van der Waals surface area (Å²) < 4.78 is 0. The van der Waals surface area contributed by atoms with Crippen LogP contribution in [0.4, 0.5) is 0 Å². The molecule has 0 aromatic heterocycles. The average Bonchev–Trinajstić information content (AvgIpc) is 2.74. The number of allylic oxidation sites excluding steroid dienone is 2. The third-order valence-corrected chi connectivity index (χ3v) is 4.23. The van der Waals surface area contributed by atoms with E-state index in [0.29, 0.717) is 5.78 Å². The normalized spacial score (nSPS) is 21.3. The van der Waals surface area contributed by atoms with Crippen molar-refractivity contribution < 1.29 is 4.79 Å². The lowest BCUT2D eigenvalue weighted by molar-refractivity contribution is -0.118. The summed E-state index contributed by atoms with van der Waals surface area (Å²) in [7, 11) is 4.10. The second-order valence-electron chi connectivity index (χ2n) is 6.50. The highest BCUT2D eigenvalue weighted by molar-refractivity contribution is 5.99. The molecule has 0 amide bonds. The Morgan fingerprint density at radius 2 is 1.75 bits per heavy atom. The lowest BCUT2D eigenvalue weighted by Crippen LogP contribution is -2.24. The van der Waals surface area contributed by atoms with Crippen molar-refractivity contribution >= 4 is 5.78 Å². The van der Waals surface area contributed by atoms with Crippen molar-refractivity contribution in [3.8, 4) is 0 Å². The van der Waals surface area contributed by atoms with Crippen LogP contribution in [-0.4, -0.2) is 31.3 Å². The van der Waals surface area contributed by atoms with Crippen LogP contribution in [0.15, 0.2) is 11.6 Å². The largest absolute Gasteiger partial charge is 0.309 e. The van der Waals surface area contributed by atoms with Crippen LogP contribution in [0.25, 0.3) is 0 Å². The lowest BCUT2D eigenvalue weighted by atomic mass is 10.0. The highest BCUT2D eigenvalue weighted by Crippen LogP contribution is 2.27. The third-order valence-electron chi connectivity index (χ3n) is 4.23. The zero-order valence-corrected chi connectivity index (χ0v) is 13.8. The van der Waals surface area contributed by atoms with E-state index in [-0.39, 0.29) is 5.92 Å². The maximum absolute atomic E-state index is 12.2. The van der Waals surface area contributed by atoms with Crippen LogP contribution in [0.1, 0.15) is 71.1 Å². The first-order valence-electron chi connectivity index (χ1n) is 8.53. The second-order valence-corrected chi connectivity index (χ2v) is 6.50. The van der Waals surface area contributed by atoms with Crippen molar-refractivity contribution in [1.29, 1.82) is 0 Å². The number of rotatable bonds is 10. The predicted molar refractivity (Wildman–Crippen MR) is 87.0 cm³/mol. The van der Waals surface area contributed by atoms with E-state index >= 15 is 0 Å². The van der Waals surface area contributed by atoms with Crippen molar-refractivity contribution in [2.75, 3.05) is 20.6 Å². The second kappa shape index (κ2) is 10.1. The molecule has 1 saturated carbocycles. The topological polar surface area (TPSA) is 20.3 Å². The SMILES string of the molecule is CCCCCCCCC/C=C1\CCC(CN(C)C)C1=O. The van der Waals surface area contributed by atoms with Gasteiger partial charge in [-0.2, -0.15) is 0 Å².